The topological polar surface area (TPSA) is 84.6 Å². The van der Waals surface area contributed by atoms with E-state index in [1.807, 2.05) is 24.3 Å². The van der Waals surface area contributed by atoms with Crippen LogP contribution in [0.2, 0.25) is 0 Å². The van der Waals surface area contributed by atoms with Crippen LogP contribution in [0, 0.1) is 0 Å². The van der Waals surface area contributed by atoms with Gasteiger partial charge in [-0.15, -0.1) is 0 Å². The number of nitrogens with zero attached hydrogens (tertiary/aromatic N) is 4. The largest absolute Gasteiger partial charge is 0.308 e. The highest BCUT2D eigenvalue weighted by atomic mass is 79.9. The summed E-state index contributed by atoms with van der Waals surface area (Å²) in [6.45, 7) is 2.63. The Kier molecular flexibility index (Phi) is 5.22. The number of carbonyl (C=O) groups excluding carboxylic acids is 1. The molecule has 2 aromatic carbocycles. The first kappa shape index (κ1) is 20.7. The predicted octanol–water partition coefficient (Wildman–Crippen LogP) is 3.01. The summed E-state index contributed by atoms with van der Waals surface area (Å²) in [7, 11) is 0. The molecule has 1 amide bonds. The van der Waals surface area contributed by atoms with Gasteiger partial charge in [0, 0.05) is 22.1 Å². The van der Waals surface area contributed by atoms with Gasteiger partial charge in [0.05, 0.1) is 11.3 Å². The molecule has 1 aliphatic rings. The molecule has 2 aromatic heterocycles. The maximum atomic E-state index is 13.4. The van der Waals surface area contributed by atoms with E-state index in [0.717, 1.165) is 38.9 Å². The molecule has 4 aromatic rings. The van der Waals surface area contributed by atoms with Crippen LogP contribution in [0.15, 0.2) is 62.6 Å². The maximum absolute atomic E-state index is 13.4. The van der Waals surface area contributed by atoms with E-state index in [4.69, 9.17) is 0 Å². The van der Waals surface area contributed by atoms with Crippen molar-refractivity contribution in [2.24, 2.45) is 0 Å². The highest BCUT2D eigenvalue weighted by Gasteiger charge is 2.34. The number of carbonyl (C=O) groups is 1. The number of anilines is 1. The van der Waals surface area contributed by atoms with Crippen LogP contribution in [0.25, 0.3) is 21.8 Å². The Morgan fingerprint density at radius 1 is 1.06 bits per heavy atom. The molecule has 0 saturated carbocycles. The van der Waals surface area contributed by atoms with Crippen molar-refractivity contribution in [2.45, 2.75) is 19.8 Å². The molecular weight excluding hydrogens is 492 g/mol. The lowest BCUT2D eigenvalue weighted by molar-refractivity contribution is -0.113. The molecule has 0 saturated heterocycles. The normalized spacial score (nSPS) is 14.9. The number of unbranched alkanes of at least 4 members (excludes halogenated alkanes) is 1. The zero-order chi connectivity index (χ0) is 22.4. The Balaban J connectivity index is 1.79. The average Bonchev–Trinajstić information content (AvgIpc) is 3.24. The van der Waals surface area contributed by atoms with Crippen LogP contribution >= 0.6 is 27.3 Å². The summed E-state index contributed by atoms with van der Waals surface area (Å²) >= 11 is 4.48. The van der Waals surface area contributed by atoms with Crippen molar-refractivity contribution in [3.8, 4) is 11.3 Å². The molecule has 5 rings (SSSR count). The van der Waals surface area contributed by atoms with Crippen molar-refractivity contribution in [1.29, 1.82) is 0 Å². The van der Waals surface area contributed by atoms with Crippen LogP contribution in [0.5, 0.6) is 0 Å². The van der Waals surface area contributed by atoms with E-state index in [1.54, 1.807) is 29.2 Å². The molecule has 1 aliphatic heterocycles. The molecule has 0 N–H and O–H groups in total. The molecule has 0 radical (unpaired) electrons. The first-order chi connectivity index (χ1) is 15.5. The number of amides is 1. The van der Waals surface area contributed by atoms with Crippen molar-refractivity contribution in [1.82, 2.24) is 14.6 Å². The Labute approximate surface area is 194 Å². The van der Waals surface area contributed by atoms with Gasteiger partial charge in [-0.25, -0.2) is 0 Å². The van der Waals surface area contributed by atoms with Gasteiger partial charge in [-0.1, -0.05) is 70.9 Å². The lowest BCUT2D eigenvalue weighted by atomic mass is 10.1. The maximum Gasteiger partial charge on any atom is 0.300 e. The predicted molar refractivity (Wildman–Crippen MR) is 128 cm³/mol. The van der Waals surface area contributed by atoms with Crippen LogP contribution < -0.4 is 20.6 Å². The summed E-state index contributed by atoms with van der Waals surface area (Å²) in [5.74, 6) is -0.221. The molecule has 7 nitrogen and oxygen atoms in total. The fourth-order valence-electron chi connectivity index (χ4n) is 3.80. The van der Waals surface area contributed by atoms with Gasteiger partial charge < -0.3 is 4.90 Å². The summed E-state index contributed by atoms with van der Waals surface area (Å²) in [6.07, 6.45) is 1.79. The number of aromatic nitrogens is 3. The first-order valence-electron chi connectivity index (χ1n) is 10.1. The summed E-state index contributed by atoms with van der Waals surface area (Å²) in [6, 6.07) is 14.5. The van der Waals surface area contributed by atoms with Gasteiger partial charge in [0.15, 0.2) is 5.69 Å². The highest BCUT2D eigenvalue weighted by Crippen LogP contribution is 2.37. The second-order valence-electron chi connectivity index (χ2n) is 7.41. The number of halogens is 1. The highest BCUT2D eigenvalue weighted by molar-refractivity contribution is 9.10. The van der Waals surface area contributed by atoms with Crippen molar-refractivity contribution in [3.05, 3.63) is 83.8 Å². The molecule has 3 heterocycles. The third-order valence-electron chi connectivity index (χ3n) is 5.35. The van der Waals surface area contributed by atoms with Crippen LogP contribution in [0.4, 0.5) is 5.69 Å². The van der Waals surface area contributed by atoms with Gasteiger partial charge in [0.2, 0.25) is 4.96 Å². The number of hydrogen-bond acceptors (Lipinski definition) is 6. The molecule has 0 atom stereocenters. The number of benzene rings is 2. The number of hydrogen-bond donors (Lipinski definition) is 0. The monoisotopic (exact) mass is 508 g/mol. The Bertz CT molecular complexity index is 1550. The molecule has 160 valence electrons. The second kappa shape index (κ2) is 8.07. The molecule has 0 spiro atoms. The van der Waals surface area contributed by atoms with Crippen molar-refractivity contribution < 1.29 is 4.79 Å². The molecule has 9 heteroatoms. The smallest absolute Gasteiger partial charge is 0.300 e. The van der Waals surface area contributed by atoms with Crippen LogP contribution in [-0.4, -0.2) is 27.0 Å². The van der Waals surface area contributed by atoms with Crippen LogP contribution in [0.1, 0.15) is 25.3 Å². The van der Waals surface area contributed by atoms with E-state index in [1.165, 1.54) is 0 Å². The molecular formula is C23H17BrN4O3S. The SMILES string of the molecule is CCCCN1C(=O)/C(=c2\sc3nc(=O)c(-c4ccccc4)nn3c2=O)c2cc(Br)ccc21. The van der Waals surface area contributed by atoms with Gasteiger partial charge in [-0.05, 0) is 24.6 Å². The molecule has 0 aliphatic carbocycles. The quantitative estimate of drug-likeness (QED) is 0.423. The number of thiazole rings is 1. The summed E-state index contributed by atoms with van der Waals surface area (Å²) in [5, 5.41) is 4.30. The minimum Gasteiger partial charge on any atom is -0.308 e. The second-order valence-corrected chi connectivity index (χ2v) is 9.30. The third-order valence-corrected chi connectivity index (χ3v) is 6.87. The fraction of sp³-hybridized carbons (Fsp3) is 0.174. The third kappa shape index (κ3) is 3.28. The van der Waals surface area contributed by atoms with Crippen molar-refractivity contribution >= 4 is 49.4 Å². The van der Waals surface area contributed by atoms with E-state index >= 15 is 0 Å². The zero-order valence-electron chi connectivity index (χ0n) is 17.0. The minimum atomic E-state index is -0.514. The van der Waals surface area contributed by atoms with Gasteiger partial charge in [-0.3, -0.25) is 14.4 Å². The summed E-state index contributed by atoms with van der Waals surface area (Å²) in [4.78, 5) is 45.3. The molecule has 0 bridgehead atoms. The zero-order valence-corrected chi connectivity index (χ0v) is 19.4. The molecule has 0 unspecified atom stereocenters. The number of rotatable bonds is 4. The Hall–Kier alpha value is -3.17. The summed E-state index contributed by atoms with van der Waals surface area (Å²) < 4.78 is 2.17. The van der Waals surface area contributed by atoms with Gasteiger partial charge >= 0.3 is 5.56 Å². The summed E-state index contributed by atoms with van der Waals surface area (Å²) in [5.41, 5.74) is 1.50. The van der Waals surface area contributed by atoms with E-state index in [-0.39, 0.29) is 21.1 Å². The van der Waals surface area contributed by atoms with Crippen LogP contribution in [0.3, 0.4) is 0 Å². The van der Waals surface area contributed by atoms with Crippen molar-refractivity contribution in [3.63, 3.8) is 0 Å². The lowest BCUT2D eigenvalue weighted by Crippen LogP contribution is -2.33. The minimum absolute atomic E-state index is 0.0972. The standard InChI is InChI=1S/C23H17BrN4O3S/c1-2-3-11-27-16-10-9-14(24)12-15(16)17(21(27)30)19-22(31)28-23(32-19)25-20(29)18(26-28)13-7-5-4-6-8-13/h4-10,12H,2-3,11H2,1H3/b19-17-. The van der Waals surface area contributed by atoms with Gasteiger partial charge in [0.25, 0.3) is 11.5 Å². The Morgan fingerprint density at radius 3 is 2.59 bits per heavy atom. The van der Waals surface area contributed by atoms with E-state index in [2.05, 4.69) is 32.9 Å². The van der Waals surface area contributed by atoms with Crippen molar-refractivity contribution in [2.75, 3.05) is 11.4 Å². The van der Waals surface area contributed by atoms with Gasteiger partial charge in [0.1, 0.15) is 4.53 Å². The lowest BCUT2D eigenvalue weighted by Gasteiger charge is -2.16. The van der Waals surface area contributed by atoms with Gasteiger partial charge in [-0.2, -0.15) is 14.6 Å². The van der Waals surface area contributed by atoms with E-state index in [0.29, 0.717) is 23.2 Å². The first-order valence-corrected chi connectivity index (χ1v) is 11.8. The van der Waals surface area contributed by atoms with E-state index < -0.39 is 11.1 Å². The number of fused-ring (bicyclic) bond motifs is 2. The van der Waals surface area contributed by atoms with Crippen LogP contribution in [-0.2, 0) is 4.79 Å². The fourth-order valence-corrected chi connectivity index (χ4v) is 5.15. The Morgan fingerprint density at radius 2 is 1.84 bits per heavy atom. The molecule has 32 heavy (non-hydrogen) atoms. The average molecular weight is 509 g/mol. The molecule has 0 fully saturated rings. The van der Waals surface area contributed by atoms with E-state index in [9.17, 15) is 14.4 Å².